The van der Waals surface area contributed by atoms with E-state index in [0.717, 1.165) is 24.7 Å². The number of carbonyl (C=O) groups is 1. The molecule has 114 valence electrons. The van der Waals surface area contributed by atoms with Crippen LogP contribution in [0.2, 0.25) is 0 Å². The smallest absolute Gasteiger partial charge is 0.285 e. The number of benzene rings is 1. The summed E-state index contributed by atoms with van der Waals surface area (Å²) < 4.78 is 13.5. The lowest BCUT2D eigenvalue weighted by Crippen LogP contribution is -2.30. The summed E-state index contributed by atoms with van der Waals surface area (Å²) in [6.07, 6.45) is 2.11. The molecule has 1 heterocycles. The number of hydrogen-bond acceptors (Lipinski definition) is 6. The number of nitro benzene ring substituents is 1. The number of hydrazine groups is 1. The van der Waals surface area contributed by atoms with Crippen LogP contribution in [0.4, 0.5) is 15.8 Å². The maximum atomic E-state index is 13.5. The Morgan fingerprint density at radius 2 is 2.33 bits per heavy atom. The van der Waals surface area contributed by atoms with Gasteiger partial charge in [0.25, 0.3) is 11.6 Å². The Bertz CT molecular complexity index is 564. The van der Waals surface area contributed by atoms with Crippen LogP contribution in [0.1, 0.15) is 23.2 Å². The zero-order valence-electron chi connectivity index (χ0n) is 11.1. The maximum absolute atomic E-state index is 13.5. The Balaban J connectivity index is 2.19. The topological polar surface area (TPSA) is 110 Å². The number of thioether (sulfide) groups is 1. The number of nitrogens with zero attached hydrogens (tertiary/aromatic N) is 1. The third-order valence-corrected chi connectivity index (χ3v) is 4.59. The largest absolute Gasteiger partial charge is 0.351 e. The molecule has 1 amide bonds. The summed E-state index contributed by atoms with van der Waals surface area (Å²) in [5.41, 5.74) is 1.12. The van der Waals surface area contributed by atoms with Crippen molar-refractivity contribution in [3.8, 4) is 0 Å². The molecule has 0 saturated carbocycles. The van der Waals surface area contributed by atoms with Crippen LogP contribution in [-0.2, 0) is 0 Å². The highest BCUT2D eigenvalue weighted by molar-refractivity contribution is 8.00. The Morgan fingerprint density at radius 1 is 1.57 bits per heavy atom. The summed E-state index contributed by atoms with van der Waals surface area (Å²) in [4.78, 5) is 22.2. The van der Waals surface area contributed by atoms with E-state index in [1.54, 1.807) is 11.8 Å². The van der Waals surface area contributed by atoms with Gasteiger partial charge in [-0.25, -0.2) is 4.39 Å². The quantitative estimate of drug-likeness (QED) is 0.433. The van der Waals surface area contributed by atoms with Gasteiger partial charge in [0.05, 0.1) is 16.7 Å². The molecule has 1 aliphatic heterocycles. The first-order chi connectivity index (χ1) is 10.0. The van der Waals surface area contributed by atoms with Crippen LogP contribution < -0.4 is 16.6 Å². The van der Waals surface area contributed by atoms with Gasteiger partial charge >= 0.3 is 0 Å². The lowest BCUT2D eigenvalue weighted by atomic mass is 10.1. The lowest BCUT2D eigenvalue weighted by molar-refractivity contribution is -0.385. The molecule has 1 atom stereocenters. The van der Waals surface area contributed by atoms with Gasteiger partial charge in [0.2, 0.25) is 0 Å². The van der Waals surface area contributed by atoms with Crippen LogP contribution in [0.15, 0.2) is 12.1 Å². The Hall–Kier alpha value is -1.87. The number of anilines is 1. The second kappa shape index (κ2) is 6.72. The molecular weight excluding hydrogens is 299 g/mol. The van der Waals surface area contributed by atoms with Crippen LogP contribution in [0.5, 0.6) is 0 Å². The minimum absolute atomic E-state index is 0.166. The number of nitrogens with one attached hydrogen (secondary N) is 2. The third kappa shape index (κ3) is 3.61. The van der Waals surface area contributed by atoms with Gasteiger partial charge < -0.3 is 10.7 Å². The van der Waals surface area contributed by atoms with Gasteiger partial charge in [0.15, 0.2) is 5.82 Å². The molecule has 1 fully saturated rings. The second-order valence-electron chi connectivity index (χ2n) is 4.60. The van der Waals surface area contributed by atoms with Crippen molar-refractivity contribution in [3.05, 3.63) is 33.6 Å². The number of halogens is 1. The summed E-state index contributed by atoms with van der Waals surface area (Å²) in [6.45, 7) is 0.434. The van der Waals surface area contributed by atoms with E-state index in [1.807, 2.05) is 0 Å². The van der Waals surface area contributed by atoms with Crippen molar-refractivity contribution >= 4 is 29.0 Å². The number of carbonyl (C=O) groups excluding carboxylic acids is 1. The van der Waals surface area contributed by atoms with Crippen LogP contribution in [0, 0.1) is 15.9 Å². The van der Waals surface area contributed by atoms with Crippen LogP contribution in [0.3, 0.4) is 0 Å². The first kappa shape index (κ1) is 15.5. The van der Waals surface area contributed by atoms with Crippen molar-refractivity contribution < 1.29 is 14.1 Å². The Labute approximate surface area is 124 Å². The normalized spacial score (nSPS) is 17.5. The van der Waals surface area contributed by atoms with Crippen molar-refractivity contribution in [2.75, 3.05) is 17.7 Å². The van der Waals surface area contributed by atoms with Gasteiger partial charge in [-0.15, -0.1) is 0 Å². The number of nitrogen functional groups attached to an aromatic ring is 1. The van der Waals surface area contributed by atoms with E-state index in [9.17, 15) is 19.3 Å². The standard InChI is InChI=1S/C12H15FN4O3S/c13-9-5-11(17(19)20)8(4-10(9)16-14)12(18)15-6-7-2-1-3-21-7/h4-5,7,16H,1-3,6,14H2,(H,15,18). The highest BCUT2D eigenvalue weighted by Crippen LogP contribution is 2.27. The average Bonchev–Trinajstić information content (AvgIpc) is 2.97. The van der Waals surface area contributed by atoms with Crippen molar-refractivity contribution in [2.24, 2.45) is 5.84 Å². The SMILES string of the molecule is NNc1cc(C(=O)NCC2CCCS2)c([N+](=O)[O-])cc1F. The zero-order chi connectivity index (χ0) is 15.4. The number of hydrogen-bond donors (Lipinski definition) is 3. The molecule has 9 heteroatoms. The molecule has 1 unspecified atom stereocenters. The van der Waals surface area contributed by atoms with Gasteiger partial charge in [-0.3, -0.25) is 20.8 Å². The summed E-state index contributed by atoms with van der Waals surface area (Å²) in [6, 6.07) is 1.74. The van der Waals surface area contributed by atoms with E-state index in [0.29, 0.717) is 17.9 Å². The molecule has 0 radical (unpaired) electrons. The molecule has 1 aromatic rings. The van der Waals surface area contributed by atoms with Crippen molar-refractivity contribution in [1.82, 2.24) is 5.32 Å². The van der Waals surface area contributed by atoms with Gasteiger partial charge in [-0.05, 0) is 24.7 Å². The molecule has 0 aromatic heterocycles. The number of nitrogens with two attached hydrogens (primary N) is 1. The minimum Gasteiger partial charge on any atom is -0.351 e. The molecule has 7 nitrogen and oxygen atoms in total. The minimum atomic E-state index is -0.882. The fourth-order valence-corrected chi connectivity index (χ4v) is 3.31. The molecule has 21 heavy (non-hydrogen) atoms. The van der Waals surface area contributed by atoms with E-state index in [2.05, 4.69) is 10.7 Å². The van der Waals surface area contributed by atoms with E-state index in [4.69, 9.17) is 5.84 Å². The van der Waals surface area contributed by atoms with Gasteiger partial charge in [0, 0.05) is 11.8 Å². The predicted octanol–water partition coefficient (Wildman–Crippen LogP) is 1.64. The van der Waals surface area contributed by atoms with Crippen molar-refractivity contribution in [2.45, 2.75) is 18.1 Å². The first-order valence-corrected chi connectivity index (χ1v) is 7.42. The van der Waals surface area contributed by atoms with Gasteiger partial charge in [0.1, 0.15) is 5.56 Å². The molecular formula is C12H15FN4O3S. The molecule has 1 aromatic carbocycles. The number of rotatable bonds is 5. The van der Waals surface area contributed by atoms with Crippen molar-refractivity contribution in [1.29, 1.82) is 0 Å². The van der Waals surface area contributed by atoms with Gasteiger partial charge in [-0.1, -0.05) is 0 Å². The second-order valence-corrected chi connectivity index (χ2v) is 6.00. The Kier molecular flexibility index (Phi) is 4.97. The number of amides is 1. The first-order valence-electron chi connectivity index (χ1n) is 6.37. The van der Waals surface area contributed by atoms with E-state index in [-0.39, 0.29) is 11.3 Å². The molecule has 0 bridgehead atoms. The van der Waals surface area contributed by atoms with Crippen molar-refractivity contribution in [3.63, 3.8) is 0 Å². The van der Waals surface area contributed by atoms with Crippen LogP contribution in [0.25, 0.3) is 0 Å². The molecule has 1 saturated heterocycles. The fourth-order valence-electron chi connectivity index (χ4n) is 2.11. The van der Waals surface area contributed by atoms with Crippen LogP contribution in [-0.4, -0.2) is 28.4 Å². The molecule has 0 aliphatic carbocycles. The molecule has 4 N–H and O–H groups in total. The van der Waals surface area contributed by atoms with E-state index < -0.39 is 22.3 Å². The monoisotopic (exact) mass is 314 g/mol. The van der Waals surface area contributed by atoms with E-state index in [1.165, 1.54) is 0 Å². The maximum Gasteiger partial charge on any atom is 0.285 e. The van der Waals surface area contributed by atoms with Gasteiger partial charge in [-0.2, -0.15) is 11.8 Å². The van der Waals surface area contributed by atoms with Crippen LogP contribution >= 0.6 is 11.8 Å². The fraction of sp³-hybridized carbons (Fsp3) is 0.417. The molecule has 2 rings (SSSR count). The summed E-state index contributed by atoms with van der Waals surface area (Å²) >= 11 is 1.76. The van der Waals surface area contributed by atoms with E-state index >= 15 is 0 Å². The number of nitro groups is 1. The summed E-state index contributed by atoms with van der Waals surface area (Å²) in [5, 5.41) is 13.9. The highest BCUT2D eigenvalue weighted by atomic mass is 32.2. The summed E-state index contributed by atoms with van der Waals surface area (Å²) in [5.74, 6) is 4.69. The predicted molar refractivity (Wildman–Crippen MR) is 78.7 cm³/mol. The third-order valence-electron chi connectivity index (χ3n) is 3.20. The highest BCUT2D eigenvalue weighted by Gasteiger charge is 2.24. The Morgan fingerprint density at radius 3 is 2.90 bits per heavy atom. The lowest BCUT2D eigenvalue weighted by Gasteiger charge is -2.11. The molecule has 1 aliphatic rings. The summed E-state index contributed by atoms with van der Waals surface area (Å²) in [7, 11) is 0. The average molecular weight is 314 g/mol. The molecule has 0 spiro atoms. The zero-order valence-corrected chi connectivity index (χ0v) is 11.9.